The van der Waals surface area contributed by atoms with E-state index < -0.39 is 12.1 Å². The van der Waals surface area contributed by atoms with Gasteiger partial charge in [0.15, 0.2) is 0 Å². The van der Waals surface area contributed by atoms with Crippen molar-refractivity contribution in [2.24, 2.45) is 5.10 Å². The maximum Gasteiger partial charge on any atom is 0.430 e. The predicted octanol–water partition coefficient (Wildman–Crippen LogP) is 1.17. The summed E-state index contributed by atoms with van der Waals surface area (Å²) in [5.74, 6) is -0.999. The van der Waals surface area contributed by atoms with Crippen LogP contribution in [0.5, 0.6) is 0 Å². The molecule has 1 aromatic carbocycles. The Labute approximate surface area is 97.1 Å². The van der Waals surface area contributed by atoms with E-state index in [0.717, 1.165) is 0 Å². The van der Waals surface area contributed by atoms with Crippen LogP contribution in [0.2, 0.25) is 0 Å². The normalized spacial score (nSPS) is 15.3. The van der Waals surface area contributed by atoms with Crippen LogP contribution in [0.3, 0.4) is 0 Å². The Hall–Kier alpha value is -2.37. The predicted molar refractivity (Wildman–Crippen MR) is 59.0 cm³/mol. The maximum absolute atomic E-state index is 11.1. The highest BCUT2D eigenvalue weighted by atomic mass is 16.6. The second-order valence-electron chi connectivity index (χ2n) is 3.41. The third-order valence-corrected chi connectivity index (χ3v) is 2.22. The van der Waals surface area contributed by atoms with Gasteiger partial charge in [0.25, 0.3) is 0 Å². The zero-order chi connectivity index (χ0) is 12.3. The molecule has 1 aromatic rings. The van der Waals surface area contributed by atoms with Gasteiger partial charge in [-0.2, -0.15) is 10.1 Å². The van der Waals surface area contributed by atoms with E-state index in [-0.39, 0.29) is 5.56 Å². The zero-order valence-electron chi connectivity index (χ0n) is 8.87. The van der Waals surface area contributed by atoms with Gasteiger partial charge in [-0.15, -0.1) is 0 Å². The first-order valence-electron chi connectivity index (χ1n) is 4.98. The van der Waals surface area contributed by atoms with Crippen molar-refractivity contribution in [3.8, 4) is 0 Å². The fourth-order valence-electron chi connectivity index (χ4n) is 1.38. The Bertz CT molecular complexity index is 484. The lowest BCUT2D eigenvalue weighted by molar-refractivity contribution is 0.0696. The molecule has 0 atom stereocenters. The van der Waals surface area contributed by atoms with Gasteiger partial charge < -0.3 is 9.84 Å². The van der Waals surface area contributed by atoms with Gasteiger partial charge in [0, 0.05) is 0 Å². The number of benzene rings is 1. The van der Waals surface area contributed by atoms with E-state index in [2.05, 4.69) is 5.10 Å². The molecule has 1 heterocycles. The molecule has 0 aliphatic carbocycles. The van der Waals surface area contributed by atoms with Crippen molar-refractivity contribution in [1.29, 1.82) is 0 Å². The summed E-state index contributed by atoms with van der Waals surface area (Å²) in [6.45, 7) is 0.735. The molecule has 1 aliphatic heterocycles. The van der Waals surface area contributed by atoms with Crippen molar-refractivity contribution in [1.82, 2.24) is 5.01 Å². The third kappa shape index (κ3) is 2.60. The molecule has 0 spiro atoms. The van der Waals surface area contributed by atoms with Crippen LogP contribution >= 0.6 is 0 Å². The van der Waals surface area contributed by atoms with Crippen molar-refractivity contribution in [3.05, 3.63) is 35.4 Å². The summed E-state index contributed by atoms with van der Waals surface area (Å²) in [5.41, 5.74) is 0.794. The number of aromatic carboxylic acids is 1. The minimum atomic E-state index is -0.999. The highest BCUT2D eigenvalue weighted by molar-refractivity contribution is 5.91. The molecule has 17 heavy (non-hydrogen) atoms. The smallest absolute Gasteiger partial charge is 0.430 e. The Balaban J connectivity index is 2.12. The quantitative estimate of drug-likeness (QED) is 0.796. The fourth-order valence-corrected chi connectivity index (χ4v) is 1.38. The van der Waals surface area contributed by atoms with Gasteiger partial charge in [-0.25, -0.2) is 9.59 Å². The lowest BCUT2D eigenvalue weighted by atomic mass is 10.1. The first-order chi connectivity index (χ1) is 8.16. The number of carbonyl (C=O) groups is 2. The topological polar surface area (TPSA) is 79.2 Å². The van der Waals surface area contributed by atoms with Gasteiger partial charge in [-0.3, -0.25) is 0 Å². The molecule has 1 amide bonds. The monoisotopic (exact) mass is 234 g/mol. The van der Waals surface area contributed by atoms with Crippen molar-refractivity contribution in [2.75, 3.05) is 13.2 Å². The molecule has 0 aromatic heterocycles. The molecule has 0 saturated carbocycles. The molecule has 1 aliphatic rings. The summed E-state index contributed by atoms with van der Waals surface area (Å²) in [6, 6.07) is 6.29. The zero-order valence-corrected chi connectivity index (χ0v) is 8.87. The summed E-state index contributed by atoms with van der Waals surface area (Å²) in [5, 5.41) is 13.9. The van der Waals surface area contributed by atoms with Crippen molar-refractivity contribution in [3.63, 3.8) is 0 Å². The molecule has 0 unspecified atom stereocenters. The fraction of sp³-hybridized carbons (Fsp3) is 0.182. The van der Waals surface area contributed by atoms with Gasteiger partial charge in [0.1, 0.15) is 6.61 Å². The molecular formula is C11H10N2O4. The first-order valence-corrected chi connectivity index (χ1v) is 4.98. The standard InChI is InChI=1S/C11H10N2O4/c14-10(15)9-3-1-2-8(6-9)7-12-13-4-5-17-11(13)16/h1-3,6-7H,4-5H2,(H,14,15)/b12-7+. The van der Waals surface area contributed by atoms with Gasteiger partial charge in [0.05, 0.1) is 18.3 Å². The number of hydrogen-bond acceptors (Lipinski definition) is 4. The van der Waals surface area contributed by atoms with Crippen LogP contribution in [-0.4, -0.2) is 41.5 Å². The van der Waals surface area contributed by atoms with E-state index >= 15 is 0 Å². The van der Waals surface area contributed by atoms with Gasteiger partial charge in [-0.1, -0.05) is 12.1 Å². The van der Waals surface area contributed by atoms with Crippen LogP contribution in [0.1, 0.15) is 15.9 Å². The molecule has 88 valence electrons. The van der Waals surface area contributed by atoms with Gasteiger partial charge in [0.2, 0.25) is 0 Å². The van der Waals surface area contributed by atoms with Gasteiger partial charge >= 0.3 is 12.1 Å². The molecule has 1 N–H and O–H groups in total. The molecule has 2 rings (SSSR count). The second-order valence-corrected chi connectivity index (χ2v) is 3.41. The Morgan fingerprint density at radius 2 is 2.35 bits per heavy atom. The highest BCUT2D eigenvalue weighted by Gasteiger charge is 2.20. The van der Waals surface area contributed by atoms with Crippen molar-refractivity contribution in [2.45, 2.75) is 0 Å². The Morgan fingerprint density at radius 3 is 3.00 bits per heavy atom. The number of ether oxygens (including phenoxy) is 1. The average molecular weight is 234 g/mol. The van der Waals surface area contributed by atoms with Crippen LogP contribution in [0.25, 0.3) is 0 Å². The largest absolute Gasteiger partial charge is 0.478 e. The summed E-state index contributed by atoms with van der Waals surface area (Å²) in [4.78, 5) is 21.8. The van der Waals surface area contributed by atoms with E-state index in [1.54, 1.807) is 12.1 Å². The van der Waals surface area contributed by atoms with E-state index in [1.165, 1.54) is 23.4 Å². The lowest BCUT2D eigenvalue weighted by Gasteiger charge is -2.03. The summed E-state index contributed by atoms with van der Waals surface area (Å²) < 4.78 is 4.69. The van der Waals surface area contributed by atoms with E-state index in [9.17, 15) is 9.59 Å². The number of carboxylic acids is 1. The average Bonchev–Trinajstić information content (AvgIpc) is 2.72. The highest BCUT2D eigenvalue weighted by Crippen LogP contribution is 2.06. The number of cyclic esters (lactones) is 1. The molecule has 1 fully saturated rings. The van der Waals surface area contributed by atoms with E-state index in [0.29, 0.717) is 18.7 Å². The van der Waals surface area contributed by atoms with Crippen LogP contribution in [0.4, 0.5) is 4.79 Å². The van der Waals surface area contributed by atoms with Crippen molar-refractivity contribution >= 4 is 18.3 Å². The minimum Gasteiger partial charge on any atom is -0.478 e. The molecule has 6 heteroatoms. The minimum absolute atomic E-state index is 0.179. The Morgan fingerprint density at radius 1 is 1.53 bits per heavy atom. The number of hydrogen-bond donors (Lipinski definition) is 1. The number of carbonyl (C=O) groups excluding carboxylic acids is 1. The SMILES string of the molecule is O=C(O)c1cccc(/C=N/N2CCOC2=O)c1. The number of amides is 1. The number of rotatable bonds is 3. The lowest BCUT2D eigenvalue weighted by Crippen LogP contribution is -2.17. The second kappa shape index (κ2) is 4.65. The van der Waals surface area contributed by atoms with E-state index in [4.69, 9.17) is 9.84 Å². The maximum atomic E-state index is 11.1. The summed E-state index contributed by atoms with van der Waals surface area (Å²) in [6.07, 6.45) is 0.939. The van der Waals surface area contributed by atoms with Gasteiger partial charge in [-0.05, 0) is 17.7 Å². The number of hydrazone groups is 1. The molecule has 0 bridgehead atoms. The van der Waals surface area contributed by atoms with Crippen LogP contribution in [0.15, 0.2) is 29.4 Å². The van der Waals surface area contributed by atoms with Crippen LogP contribution in [-0.2, 0) is 4.74 Å². The molecule has 1 saturated heterocycles. The number of nitrogens with zero attached hydrogens (tertiary/aromatic N) is 2. The molecule has 0 radical (unpaired) electrons. The van der Waals surface area contributed by atoms with Crippen LogP contribution < -0.4 is 0 Å². The van der Waals surface area contributed by atoms with E-state index in [1.807, 2.05) is 0 Å². The summed E-state index contributed by atoms with van der Waals surface area (Å²) >= 11 is 0. The first kappa shape index (κ1) is 11.1. The number of carboxylic acid groups (broad SMARTS) is 1. The third-order valence-electron chi connectivity index (χ3n) is 2.22. The van der Waals surface area contributed by atoms with Crippen molar-refractivity contribution < 1.29 is 19.4 Å². The van der Waals surface area contributed by atoms with Crippen LogP contribution in [0, 0.1) is 0 Å². The summed E-state index contributed by atoms with van der Waals surface area (Å²) in [7, 11) is 0. The Kier molecular flexibility index (Phi) is 3.04. The molecular weight excluding hydrogens is 224 g/mol. The molecule has 6 nitrogen and oxygen atoms in total.